The first-order valence-corrected chi connectivity index (χ1v) is 14.0. The number of fused-ring (bicyclic) bond motifs is 1. The summed E-state index contributed by atoms with van der Waals surface area (Å²) in [5.41, 5.74) is 0.811. The summed E-state index contributed by atoms with van der Waals surface area (Å²) in [6.07, 6.45) is 0.443. The number of sulfonamides is 1. The van der Waals surface area contributed by atoms with Crippen LogP contribution < -0.4 is 0 Å². The third-order valence-electron chi connectivity index (χ3n) is 5.42. The molecule has 4 rings (SSSR count). The molecule has 0 N–H and O–H groups in total. The number of carbonyl (C=O) groups excluding carboxylic acids is 1. The van der Waals surface area contributed by atoms with Gasteiger partial charge in [-0.2, -0.15) is 4.31 Å². The highest BCUT2D eigenvalue weighted by molar-refractivity contribution is 7.99. The van der Waals surface area contributed by atoms with Crippen LogP contribution in [-0.4, -0.2) is 93.6 Å². The van der Waals surface area contributed by atoms with E-state index in [1.165, 1.54) is 21.3 Å². The molecule has 0 unspecified atom stereocenters. The first-order valence-electron chi connectivity index (χ1n) is 9.73. The van der Waals surface area contributed by atoms with Gasteiger partial charge in [0.05, 0.1) is 35.4 Å². The smallest absolute Gasteiger partial charge is 0.257 e. The number of benzene rings is 1. The Balaban J connectivity index is 1.43. The number of aromatic nitrogens is 1. The molecule has 2 aliphatic heterocycles. The van der Waals surface area contributed by atoms with Crippen molar-refractivity contribution < 1.29 is 30.8 Å². The van der Waals surface area contributed by atoms with Gasteiger partial charge < -0.3 is 14.1 Å². The number of thioether (sulfide) groups is 1. The van der Waals surface area contributed by atoms with E-state index < -0.39 is 19.9 Å². The van der Waals surface area contributed by atoms with Crippen molar-refractivity contribution in [3.63, 3.8) is 0 Å². The Morgan fingerprint density at radius 1 is 1.32 bits per heavy atom. The van der Waals surface area contributed by atoms with Crippen molar-refractivity contribution >= 4 is 48.6 Å². The lowest BCUT2D eigenvalue weighted by molar-refractivity contribution is -0.128. The number of carbonyl (C=O) groups is 1. The van der Waals surface area contributed by atoms with E-state index in [1.807, 2.05) is 0 Å². The van der Waals surface area contributed by atoms with Gasteiger partial charge in [-0.1, -0.05) is 11.8 Å². The second kappa shape index (κ2) is 8.70. The van der Waals surface area contributed by atoms with Gasteiger partial charge >= 0.3 is 0 Å². The van der Waals surface area contributed by atoms with Crippen LogP contribution in [0.5, 0.6) is 0 Å². The van der Waals surface area contributed by atoms with Crippen LogP contribution in [-0.2, 0) is 29.4 Å². The Kier molecular flexibility index (Phi) is 6.32. The van der Waals surface area contributed by atoms with Gasteiger partial charge in [0.15, 0.2) is 15.4 Å². The predicted octanol–water partition coefficient (Wildman–Crippen LogP) is 0.586. The highest BCUT2D eigenvalue weighted by Gasteiger charge is 2.33. The van der Waals surface area contributed by atoms with Crippen LogP contribution in [0.2, 0.25) is 0 Å². The van der Waals surface area contributed by atoms with Crippen LogP contribution in [0.1, 0.15) is 6.42 Å². The lowest BCUT2D eigenvalue weighted by Gasteiger charge is -2.25. The average Bonchev–Trinajstić information content (AvgIpc) is 3.33. The Morgan fingerprint density at radius 3 is 2.74 bits per heavy atom. The second-order valence-electron chi connectivity index (χ2n) is 7.48. The number of amides is 1. The molecule has 1 atom stereocenters. The van der Waals surface area contributed by atoms with Crippen LogP contribution in [0.4, 0.5) is 0 Å². The largest absolute Gasteiger partial charge is 0.431 e. The molecule has 0 aliphatic carbocycles. The highest BCUT2D eigenvalue weighted by Crippen LogP contribution is 2.27. The maximum absolute atomic E-state index is 12.8. The summed E-state index contributed by atoms with van der Waals surface area (Å²) < 4.78 is 61.1. The van der Waals surface area contributed by atoms with Gasteiger partial charge in [-0.3, -0.25) is 4.79 Å². The SMILES string of the molecule is CN(C(=O)CSc1nc2cc(S(=O)(=O)N3CCOCC3)ccc2o1)[C@@H]1CCS(=O)(=O)C1. The summed E-state index contributed by atoms with van der Waals surface area (Å²) in [5, 5.41) is 0.247. The number of morpholine rings is 1. The van der Waals surface area contributed by atoms with Crippen molar-refractivity contribution in [1.82, 2.24) is 14.2 Å². The highest BCUT2D eigenvalue weighted by atomic mass is 32.2. The lowest BCUT2D eigenvalue weighted by atomic mass is 10.2. The Morgan fingerprint density at radius 2 is 2.06 bits per heavy atom. The number of sulfone groups is 1. The van der Waals surface area contributed by atoms with Gasteiger partial charge in [-0.05, 0) is 24.6 Å². The third kappa shape index (κ3) is 4.90. The number of rotatable bonds is 6. The molecule has 170 valence electrons. The van der Waals surface area contributed by atoms with Crippen LogP contribution in [0, 0.1) is 0 Å². The van der Waals surface area contributed by atoms with Gasteiger partial charge in [-0.25, -0.2) is 21.8 Å². The monoisotopic (exact) mass is 489 g/mol. The van der Waals surface area contributed by atoms with Crippen molar-refractivity contribution in [3.8, 4) is 0 Å². The number of ether oxygens (including phenoxy) is 1. The molecule has 2 fully saturated rings. The Labute approximate surface area is 184 Å². The van der Waals surface area contributed by atoms with E-state index in [9.17, 15) is 21.6 Å². The van der Waals surface area contributed by atoms with E-state index in [-0.39, 0.29) is 39.3 Å². The summed E-state index contributed by atoms with van der Waals surface area (Å²) >= 11 is 1.09. The molecule has 3 heterocycles. The molecule has 0 radical (unpaired) electrons. The quantitative estimate of drug-likeness (QED) is 0.536. The molecular formula is C18H23N3O7S3. The summed E-state index contributed by atoms with van der Waals surface area (Å²) in [6.45, 7) is 1.33. The standard InChI is InChI=1S/C18H23N3O7S3/c1-20(13-4-9-30(23,24)12-13)17(22)11-29-18-19-15-10-14(2-3-16(15)28-18)31(25,26)21-5-7-27-8-6-21/h2-3,10,13H,4-9,11-12H2,1H3/t13-/m1/s1. The molecule has 13 heteroatoms. The zero-order valence-corrected chi connectivity index (χ0v) is 19.3. The maximum atomic E-state index is 12.8. The van der Waals surface area contributed by atoms with Gasteiger partial charge in [-0.15, -0.1) is 0 Å². The number of oxazole rings is 1. The van der Waals surface area contributed by atoms with E-state index in [2.05, 4.69) is 4.98 Å². The third-order valence-corrected chi connectivity index (χ3v) is 9.87. The molecule has 0 bridgehead atoms. The van der Waals surface area contributed by atoms with E-state index in [0.717, 1.165) is 11.8 Å². The first kappa shape index (κ1) is 22.5. The fourth-order valence-electron chi connectivity index (χ4n) is 3.55. The van der Waals surface area contributed by atoms with Crippen molar-refractivity contribution in [3.05, 3.63) is 18.2 Å². The number of nitrogens with zero attached hydrogens (tertiary/aromatic N) is 3. The van der Waals surface area contributed by atoms with E-state index >= 15 is 0 Å². The topological polar surface area (TPSA) is 127 Å². The fourth-order valence-corrected chi connectivity index (χ4v) is 7.52. The van der Waals surface area contributed by atoms with E-state index in [4.69, 9.17) is 9.15 Å². The molecule has 1 amide bonds. The second-order valence-corrected chi connectivity index (χ2v) is 12.6. The van der Waals surface area contributed by atoms with Crippen molar-refractivity contribution in [2.24, 2.45) is 0 Å². The minimum absolute atomic E-state index is 0.0107. The Hall–Kier alpha value is -1.67. The molecule has 2 aliphatic rings. The minimum Gasteiger partial charge on any atom is -0.431 e. The summed E-state index contributed by atoms with van der Waals surface area (Å²) in [6, 6.07) is 4.18. The average molecular weight is 490 g/mol. The molecule has 0 saturated carbocycles. The van der Waals surface area contributed by atoms with E-state index in [1.54, 1.807) is 13.1 Å². The molecular weight excluding hydrogens is 466 g/mol. The van der Waals surface area contributed by atoms with Gasteiger partial charge in [0, 0.05) is 26.2 Å². The summed E-state index contributed by atoms with van der Waals surface area (Å²) in [4.78, 5) is 18.3. The van der Waals surface area contributed by atoms with Gasteiger partial charge in [0.2, 0.25) is 15.9 Å². The maximum Gasteiger partial charge on any atom is 0.257 e. The molecule has 1 aromatic carbocycles. The Bertz CT molecular complexity index is 1190. The summed E-state index contributed by atoms with van der Waals surface area (Å²) in [5.74, 6) is -0.0874. The normalized spacial score (nSPS) is 22.0. The van der Waals surface area contributed by atoms with Crippen molar-refractivity contribution in [2.75, 3.05) is 50.6 Å². The fraction of sp³-hybridized carbons (Fsp3) is 0.556. The van der Waals surface area contributed by atoms with Gasteiger partial charge in [0.1, 0.15) is 5.52 Å². The zero-order chi connectivity index (χ0) is 22.2. The molecule has 2 saturated heterocycles. The molecule has 0 spiro atoms. The zero-order valence-electron chi connectivity index (χ0n) is 16.9. The van der Waals surface area contributed by atoms with Crippen molar-refractivity contribution in [2.45, 2.75) is 22.6 Å². The number of hydrogen-bond donors (Lipinski definition) is 0. The minimum atomic E-state index is -3.65. The van der Waals surface area contributed by atoms with Crippen LogP contribution in [0.25, 0.3) is 11.1 Å². The molecule has 2 aromatic rings. The molecule has 31 heavy (non-hydrogen) atoms. The predicted molar refractivity (Wildman–Crippen MR) is 114 cm³/mol. The van der Waals surface area contributed by atoms with Gasteiger partial charge in [0.25, 0.3) is 5.22 Å². The molecule has 10 nitrogen and oxygen atoms in total. The van der Waals surface area contributed by atoms with E-state index in [0.29, 0.717) is 43.8 Å². The summed E-state index contributed by atoms with van der Waals surface area (Å²) in [7, 11) is -5.12. The van der Waals surface area contributed by atoms with Crippen molar-refractivity contribution in [1.29, 1.82) is 0 Å². The first-order chi connectivity index (χ1) is 14.7. The van der Waals surface area contributed by atoms with Crippen LogP contribution >= 0.6 is 11.8 Å². The van der Waals surface area contributed by atoms with Crippen LogP contribution in [0.3, 0.4) is 0 Å². The molecule has 1 aromatic heterocycles. The lowest BCUT2D eigenvalue weighted by Crippen LogP contribution is -2.40. The number of hydrogen-bond acceptors (Lipinski definition) is 9. The van der Waals surface area contributed by atoms with Crippen LogP contribution in [0.15, 0.2) is 32.7 Å².